The van der Waals surface area contributed by atoms with Gasteiger partial charge in [-0.3, -0.25) is 4.79 Å². The monoisotopic (exact) mass is 325 g/mol. The van der Waals surface area contributed by atoms with E-state index in [0.29, 0.717) is 12.2 Å². The Hall–Kier alpha value is -2.47. The molecule has 1 amide bonds. The molecular formula is C18H23N5O. The second-order valence-electron chi connectivity index (χ2n) is 5.91. The molecule has 0 unspecified atom stereocenters. The van der Waals surface area contributed by atoms with Crippen LogP contribution in [0.2, 0.25) is 0 Å². The maximum absolute atomic E-state index is 12.0. The van der Waals surface area contributed by atoms with Crippen LogP contribution in [0.5, 0.6) is 0 Å². The van der Waals surface area contributed by atoms with Crippen LogP contribution in [0.25, 0.3) is 0 Å². The van der Waals surface area contributed by atoms with Gasteiger partial charge in [-0.15, -0.1) is 10.2 Å². The summed E-state index contributed by atoms with van der Waals surface area (Å²) in [5, 5.41) is 11.2. The first kappa shape index (κ1) is 16.4. The summed E-state index contributed by atoms with van der Waals surface area (Å²) in [4.78, 5) is 16.7. The highest BCUT2D eigenvalue weighted by molar-refractivity contribution is 5.91. The lowest BCUT2D eigenvalue weighted by atomic mass is 10.1. The first-order valence-corrected chi connectivity index (χ1v) is 8.39. The molecule has 0 bridgehead atoms. The van der Waals surface area contributed by atoms with Gasteiger partial charge in [-0.05, 0) is 24.2 Å². The summed E-state index contributed by atoms with van der Waals surface area (Å²) in [6, 6.07) is 13.4. The first-order chi connectivity index (χ1) is 11.7. The molecule has 3 rings (SSSR count). The van der Waals surface area contributed by atoms with Gasteiger partial charge in [-0.25, -0.2) is 0 Å². The molecule has 0 aliphatic carbocycles. The Kier molecular flexibility index (Phi) is 5.38. The van der Waals surface area contributed by atoms with Crippen molar-refractivity contribution in [2.45, 2.75) is 13.3 Å². The minimum absolute atomic E-state index is 0.0835. The van der Waals surface area contributed by atoms with Gasteiger partial charge < -0.3 is 15.1 Å². The molecule has 2 heterocycles. The lowest BCUT2D eigenvalue weighted by Crippen LogP contribution is -2.46. The van der Waals surface area contributed by atoms with Gasteiger partial charge in [-0.2, -0.15) is 0 Å². The molecule has 6 heteroatoms. The van der Waals surface area contributed by atoms with Crippen LogP contribution in [-0.4, -0.2) is 53.7 Å². The number of hydrogen-bond donors (Lipinski definition) is 1. The van der Waals surface area contributed by atoms with Gasteiger partial charge >= 0.3 is 0 Å². The molecule has 1 saturated heterocycles. The number of likely N-dealkylation sites (N-methyl/N-ethyl adjacent to an activating group) is 1. The van der Waals surface area contributed by atoms with E-state index in [1.54, 1.807) is 0 Å². The first-order valence-electron chi connectivity index (χ1n) is 8.39. The van der Waals surface area contributed by atoms with E-state index in [0.717, 1.165) is 44.1 Å². The van der Waals surface area contributed by atoms with Crippen LogP contribution in [-0.2, 0) is 11.2 Å². The number of benzene rings is 1. The molecule has 1 N–H and O–H groups in total. The second kappa shape index (κ2) is 7.88. The average Bonchev–Trinajstić information content (AvgIpc) is 2.63. The number of amides is 1. The topological polar surface area (TPSA) is 61.4 Å². The van der Waals surface area contributed by atoms with E-state index in [1.165, 1.54) is 0 Å². The van der Waals surface area contributed by atoms with Crippen molar-refractivity contribution in [3.8, 4) is 0 Å². The summed E-state index contributed by atoms with van der Waals surface area (Å²) in [7, 11) is 0. The van der Waals surface area contributed by atoms with Crippen molar-refractivity contribution in [3.05, 3.63) is 48.0 Å². The van der Waals surface area contributed by atoms with E-state index < -0.39 is 0 Å². The molecule has 2 aromatic rings. The van der Waals surface area contributed by atoms with E-state index in [4.69, 9.17) is 0 Å². The van der Waals surface area contributed by atoms with Crippen molar-refractivity contribution in [2.75, 3.05) is 42.9 Å². The summed E-state index contributed by atoms with van der Waals surface area (Å²) in [6.07, 6.45) is 0.337. The molecule has 0 atom stereocenters. The number of carbonyl (C=O) groups excluding carboxylic acids is 1. The summed E-state index contributed by atoms with van der Waals surface area (Å²) >= 11 is 0. The van der Waals surface area contributed by atoms with Crippen molar-refractivity contribution in [1.82, 2.24) is 15.1 Å². The zero-order valence-electron chi connectivity index (χ0n) is 14.0. The number of piperazine rings is 1. The number of anilines is 2. The lowest BCUT2D eigenvalue weighted by Gasteiger charge is -2.34. The zero-order valence-corrected chi connectivity index (χ0v) is 14.0. The third-order valence-corrected chi connectivity index (χ3v) is 4.27. The largest absolute Gasteiger partial charge is 0.353 e. The summed E-state index contributed by atoms with van der Waals surface area (Å²) in [6.45, 7) is 7.29. The molecule has 0 radical (unpaired) electrons. The van der Waals surface area contributed by atoms with E-state index in [-0.39, 0.29) is 5.91 Å². The van der Waals surface area contributed by atoms with E-state index in [9.17, 15) is 4.79 Å². The fourth-order valence-corrected chi connectivity index (χ4v) is 2.82. The van der Waals surface area contributed by atoms with Gasteiger partial charge in [0.05, 0.1) is 6.42 Å². The number of rotatable bonds is 5. The van der Waals surface area contributed by atoms with Crippen molar-refractivity contribution < 1.29 is 4.79 Å². The smallest absolute Gasteiger partial charge is 0.229 e. The number of hydrogen-bond acceptors (Lipinski definition) is 5. The third-order valence-electron chi connectivity index (χ3n) is 4.27. The molecule has 1 aromatic heterocycles. The van der Waals surface area contributed by atoms with Crippen LogP contribution in [0.1, 0.15) is 12.5 Å². The highest BCUT2D eigenvalue weighted by Gasteiger charge is 2.17. The van der Waals surface area contributed by atoms with Crippen molar-refractivity contribution in [3.63, 3.8) is 0 Å². The number of nitrogens with zero attached hydrogens (tertiary/aromatic N) is 4. The van der Waals surface area contributed by atoms with Gasteiger partial charge in [0.25, 0.3) is 0 Å². The van der Waals surface area contributed by atoms with Gasteiger partial charge in [-0.1, -0.05) is 37.3 Å². The Morgan fingerprint density at radius 2 is 1.79 bits per heavy atom. The quantitative estimate of drug-likeness (QED) is 0.908. The van der Waals surface area contributed by atoms with Crippen molar-refractivity contribution >= 4 is 17.5 Å². The van der Waals surface area contributed by atoms with Crippen molar-refractivity contribution in [2.24, 2.45) is 0 Å². The maximum Gasteiger partial charge on any atom is 0.229 e. The fourth-order valence-electron chi connectivity index (χ4n) is 2.82. The number of aromatic nitrogens is 2. The summed E-state index contributed by atoms with van der Waals surface area (Å²) in [5.74, 6) is 1.28. The minimum atomic E-state index is -0.0835. The van der Waals surface area contributed by atoms with Gasteiger partial charge in [0.15, 0.2) is 11.6 Å². The SMILES string of the molecule is CCN1CCN(c2ccc(NC(=O)Cc3ccccc3)nn2)CC1. The summed E-state index contributed by atoms with van der Waals surface area (Å²) in [5.41, 5.74) is 0.980. The van der Waals surface area contributed by atoms with Crippen LogP contribution in [0, 0.1) is 0 Å². The van der Waals surface area contributed by atoms with Gasteiger partial charge in [0.2, 0.25) is 5.91 Å². The van der Waals surface area contributed by atoms with E-state index in [1.807, 2.05) is 42.5 Å². The highest BCUT2D eigenvalue weighted by atomic mass is 16.1. The molecule has 1 aliphatic rings. The molecule has 0 spiro atoms. The lowest BCUT2D eigenvalue weighted by molar-refractivity contribution is -0.115. The van der Waals surface area contributed by atoms with Crippen LogP contribution in [0.3, 0.4) is 0 Å². The fraction of sp³-hybridized carbons (Fsp3) is 0.389. The maximum atomic E-state index is 12.0. The number of carbonyl (C=O) groups is 1. The van der Waals surface area contributed by atoms with Gasteiger partial charge in [0.1, 0.15) is 0 Å². The van der Waals surface area contributed by atoms with Crippen LogP contribution in [0.15, 0.2) is 42.5 Å². The molecule has 6 nitrogen and oxygen atoms in total. The minimum Gasteiger partial charge on any atom is -0.353 e. The Morgan fingerprint density at radius 3 is 2.42 bits per heavy atom. The summed E-state index contributed by atoms with van der Waals surface area (Å²) < 4.78 is 0. The van der Waals surface area contributed by atoms with Crippen molar-refractivity contribution in [1.29, 1.82) is 0 Å². The Morgan fingerprint density at radius 1 is 1.04 bits per heavy atom. The standard InChI is InChI=1S/C18H23N5O/c1-2-22-10-12-23(13-11-22)17-9-8-16(20-21-17)19-18(24)14-15-6-4-3-5-7-15/h3-9H,2,10-14H2,1H3,(H,19,20,24). The molecule has 1 aliphatic heterocycles. The predicted octanol–water partition coefficient (Wildman–Crippen LogP) is 1.80. The molecule has 24 heavy (non-hydrogen) atoms. The van der Waals surface area contributed by atoms with Crippen LogP contribution < -0.4 is 10.2 Å². The Bertz CT molecular complexity index is 651. The van der Waals surface area contributed by atoms with E-state index >= 15 is 0 Å². The molecular weight excluding hydrogens is 302 g/mol. The second-order valence-corrected chi connectivity index (χ2v) is 5.91. The number of nitrogens with one attached hydrogen (secondary N) is 1. The average molecular weight is 325 g/mol. The molecule has 0 saturated carbocycles. The normalized spacial score (nSPS) is 15.3. The molecule has 1 fully saturated rings. The molecule has 1 aromatic carbocycles. The van der Waals surface area contributed by atoms with Crippen LogP contribution in [0.4, 0.5) is 11.6 Å². The Labute approximate surface area is 142 Å². The van der Waals surface area contributed by atoms with Crippen LogP contribution >= 0.6 is 0 Å². The zero-order chi connectivity index (χ0) is 16.8. The predicted molar refractivity (Wildman–Crippen MR) is 95.1 cm³/mol. The molecule has 126 valence electrons. The highest BCUT2D eigenvalue weighted by Crippen LogP contribution is 2.14. The Balaban J connectivity index is 1.54. The van der Waals surface area contributed by atoms with Gasteiger partial charge in [0, 0.05) is 26.2 Å². The van der Waals surface area contributed by atoms with E-state index in [2.05, 4.69) is 32.2 Å². The third kappa shape index (κ3) is 4.29.